The number of nitrogens with one attached hydrogen (secondary N) is 1. The first kappa shape index (κ1) is 33.0. The summed E-state index contributed by atoms with van der Waals surface area (Å²) in [4.78, 5) is 69.2. The number of rotatable bonds is 12. The van der Waals surface area contributed by atoms with Crippen molar-refractivity contribution in [2.24, 2.45) is 5.16 Å². The van der Waals surface area contributed by atoms with E-state index in [1.807, 2.05) is 0 Å². The summed E-state index contributed by atoms with van der Waals surface area (Å²) in [5.41, 5.74) is 10.8. The summed E-state index contributed by atoms with van der Waals surface area (Å²) in [6.07, 6.45) is 2.98. The van der Waals surface area contributed by atoms with Gasteiger partial charge in [0.1, 0.15) is 34.4 Å². The minimum absolute atomic E-state index is 0.0515. The number of aliphatic carboxylic acids is 2. The second kappa shape index (κ2) is 14.0. The molecule has 5 rings (SSSR count). The number of hydrogen-bond acceptors (Lipinski definition) is 16. The first-order valence-corrected chi connectivity index (χ1v) is 16.1. The standard InChI is InChI=1S/C27H24N8O9S3/c28-16-5-6-30-27(32-16)45-7-1-2-12-9-46-23-18(22(39)35(23)19(12)24(40)41)33-21(38)17(13-10-47-26(29)31-13)34-44-20(25(42)43)11-3-4-14(36)15(37)8-11/h1-6,8,10,18,20,23,36-37H,7,9H2,(H2,29,31)(H,33,38)(H,40,41)(H,42,43)(H2,28,30,32)/p-1/b2-1+,34-17+/t18-,20-,23-/m1/s1. The van der Waals surface area contributed by atoms with Crippen molar-refractivity contribution >= 4 is 75.3 Å². The monoisotopic (exact) mass is 699 g/mol. The number of nitrogen functional groups attached to an aromatic ring is 2. The Hall–Kier alpha value is -5.34. The molecule has 1 aromatic carbocycles. The van der Waals surface area contributed by atoms with E-state index in [1.54, 1.807) is 18.2 Å². The number of β-lactam (4-membered cyclic amide) rings is 1. The number of nitrogens with two attached hydrogens (primary N) is 2. The van der Waals surface area contributed by atoms with Gasteiger partial charge in [0.05, 0.1) is 0 Å². The lowest BCUT2D eigenvalue weighted by molar-refractivity contribution is -0.270. The molecular formula is C27H23N8O9S3-. The number of aromatic hydroxyl groups is 1. The quantitative estimate of drug-likeness (QED) is 0.0494. The molecule has 2 aliphatic heterocycles. The third kappa shape index (κ3) is 7.23. The van der Waals surface area contributed by atoms with Crippen LogP contribution in [0, 0.1) is 0 Å². The van der Waals surface area contributed by atoms with Gasteiger partial charge in [0.2, 0.25) is 6.10 Å². The van der Waals surface area contributed by atoms with Crippen LogP contribution in [0.2, 0.25) is 0 Å². The molecule has 244 valence electrons. The van der Waals surface area contributed by atoms with Gasteiger partial charge in [0.15, 0.2) is 16.0 Å². The third-order valence-electron chi connectivity index (χ3n) is 6.51. The molecule has 0 saturated carbocycles. The van der Waals surface area contributed by atoms with E-state index in [1.165, 1.54) is 35.1 Å². The zero-order valence-electron chi connectivity index (χ0n) is 23.7. The second-order valence-corrected chi connectivity index (χ2v) is 12.6. The highest BCUT2D eigenvalue weighted by Crippen LogP contribution is 2.41. The van der Waals surface area contributed by atoms with Crippen LogP contribution < -0.4 is 21.9 Å². The zero-order chi connectivity index (χ0) is 33.8. The lowest BCUT2D eigenvalue weighted by Crippen LogP contribution is -2.71. The highest BCUT2D eigenvalue weighted by Gasteiger charge is 2.54. The smallest absolute Gasteiger partial charge is 0.352 e. The minimum Gasteiger partial charge on any atom is -0.870 e. The number of thioether (sulfide) groups is 2. The van der Waals surface area contributed by atoms with Crippen LogP contribution in [0.5, 0.6) is 11.5 Å². The van der Waals surface area contributed by atoms with Gasteiger partial charge in [-0.25, -0.2) is 24.5 Å². The van der Waals surface area contributed by atoms with Crippen LogP contribution in [-0.2, 0) is 24.0 Å². The average molecular weight is 700 g/mol. The number of hydrogen-bond donors (Lipinski definition) is 6. The maximum Gasteiger partial charge on any atom is 0.352 e. The SMILES string of the molecule is Nc1ccnc(SC/C=C/C2=C(C(=O)O)N3C(=O)[C@@H](NC(=O)/C(=N/O[C@@H](C(=O)O)c4ccc([O-])c(O)c4)c4csc(N)n4)[C@H]3SC2)n1. The van der Waals surface area contributed by atoms with Crippen LogP contribution in [0.1, 0.15) is 17.4 Å². The molecule has 0 radical (unpaired) electrons. The molecule has 0 aliphatic carbocycles. The Labute approximate surface area is 277 Å². The minimum atomic E-state index is -1.85. The van der Waals surface area contributed by atoms with Gasteiger partial charge < -0.3 is 42.0 Å². The van der Waals surface area contributed by atoms with Gasteiger partial charge in [-0.1, -0.05) is 47.0 Å². The van der Waals surface area contributed by atoms with Crippen molar-refractivity contribution in [3.63, 3.8) is 0 Å². The maximum atomic E-state index is 13.4. The van der Waals surface area contributed by atoms with Gasteiger partial charge in [-0.05, 0) is 17.7 Å². The van der Waals surface area contributed by atoms with Crippen LogP contribution >= 0.6 is 34.9 Å². The molecule has 3 aromatic rings. The lowest BCUT2D eigenvalue weighted by Gasteiger charge is -2.49. The molecule has 47 heavy (non-hydrogen) atoms. The number of carbonyl (C=O) groups is 4. The molecule has 1 saturated heterocycles. The molecule has 0 unspecified atom stereocenters. The Balaban J connectivity index is 1.32. The van der Waals surface area contributed by atoms with Crippen molar-refractivity contribution in [3.05, 3.63) is 70.5 Å². The van der Waals surface area contributed by atoms with E-state index < -0.39 is 58.5 Å². The molecule has 1 fully saturated rings. The van der Waals surface area contributed by atoms with Crippen LogP contribution in [0.25, 0.3) is 0 Å². The molecule has 2 aliphatic rings. The van der Waals surface area contributed by atoms with Gasteiger partial charge in [0.25, 0.3) is 11.8 Å². The Kier molecular flexibility index (Phi) is 9.82. The first-order chi connectivity index (χ1) is 22.4. The number of aromatic nitrogens is 3. The number of carboxylic acid groups (broad SMARTS) is 2. The number of anilines is 2. The van der Waals surface area contributed by atoms with Crippen LogP contribution in [0.3, 0.4) is 0 Å². The number of thiazole rings is 1. The summed E-state index contributed by atoms with van der Waals surface area (Å²) in [5.74, 6) is -5.10. The lowest BCUT2D eigenvalue weighted by atomic mass is 10.0. The molecule has 0 bridgehead atoms. The number of carboxylic acids is 2. The predicted octanol–water partition coefficient (Wildman–Crippen LogP) is 0.510. The van der Waals surface area contributed by atoms with Crippen molar-refractivity contribution in [3.8, 4) is 11.5 Å². The summed E-state index contributed by atoms with van der Waals surface area (Å²) in [6.45, 7) is 0. The van der Waals surface area contributed by atoms with Crippen LogP contribution in [0.4, 0.5) is 10.9 Å². The number of nitrogens with zero attached hydrogens (tertiary/aromatic N) is 5. The summed E-state index contributed by atoms with van der Waals surface area (Å²) in [5, 5.41) is 48.2. The fraction of sp³-hybridized carbons (Fsp3) is 0.185. The van der Waals surface area contributed by atoms with Gasteiger partial charge >= 0.3 is 11.9 Å². The number of fused-ring (bicyclic) bond motifs is 1. The van der Waals surface area contributed by atoms with Gasteiger partial charge in [-0.15, -0.1) is 23.1 Å². The molecule has 2 amide bonds. The van der Waals surface area contributed by atoms with Crippen LogP contribution in [0.15, 0.2) is 69.6 Å². The van der Waals surface area contributed by atoms with E-state index in [2.05, 4.69) is 25.4 Å². The summed E-state index contributed by atoms with van der Waals surface area (Å²) >= 11 is 3.46. The molecule has 0 spiro atoms. The summed E-state index contributed by atoms with van der Waals surface area (Å²) in [7, 11) is 0. The molecular weight excluding hydrogens is 677 g/mol. The highest BCUT2D eigenvalue weighted by molar-refractivity contribution is 8.00. The van der Waals surface area contributed by atoms with Crippen LogP contribution in [-0.4, -0.2) is 87.6 Å². The Morgan fingerprint density at radius 3 is 2.70 bits per heavy atom. The van der Waals surface area contributed by atoms with E-state index in [0.29, 0.717) is 22.3 Å². The van der Waals surface area contributed by atoms with Crippen molar-refractivity contribution < 1.29 is 44.4 Å². The molecule has 2 aromatic heterocycles. The van der Waals surface area contributed by atoms with E-state index in [4.69, 9.17) is 16.3 Å². The third-order valence-corrected chi connectivity index (χ3v) is 9.30. The first-order valence-electron chi connectivity index (χ1n) is 13.2. The molecule has 17 nitrogen and oxygen atoms in total. The number of amides is 2. The van der Waals surface area contributed by atoms with Gasteiger partial charge in [0, 0.05) is 28.6 Å². The van der Waals surface area contributed by atoms with Crippen molar-refractivity contribution in [2.75, 3.05) is 23.0 Å². The highest BCUT2D eigenvalue weighted by atomic mass is 32.2. The Morgan fingerprint density at radius 1 is 1.26 bits per heavy atom. The number of phenols is 1. The number of allylic oxidation sites excluding steroid dienone is 1. The summed E-state index contributed by atoms with van der Waals surface area (Å²) < 4.78 is 0. The fourth-order valence-electron chi connectivity index (χ4n) is 4.37. The number of oxime groups is 1. The summed E-state index contributed by atoms with van der Waals surface area (Å²) in [6, 6.07) is 3.33. The van der Waals surface area contributed by atoms with E-state index in [0.717, 1.165) is 34.4 Å². The van der Waals surface area contributed by atoms with E-state index >= 15 is 0 Å². The number of phenolic OH excluding ortho intramolecular Hbond substituents is 1. The maximum absolute atomic E-state index is 13.4. The predicted molar refractivity (Wildman–Crippen MR) is 168 cm³/mol. The second-order valence-electron chi connectivity index (χ2n) is 9.58. The van der Waals surface area contributed by atoms with Crippen molar-refractivity contribution in [2.45, 2.75) is 22.7 Å². The topological polar surface area (TPSA) is 280 Å². The molecule has 3 atom stereocenters. The van der Waals surface area contributed by atoms with Gasteiger partial charge in [-0.2, -0.15) is 0 Å². The number of carbonyl (C=O) groups excluding carboxylic acids is 2. The molecule has 4 heterocycles. The Bertz CT molecular complexity index is 1850. The molecule has 8 N–H and O–H groups in total. The van der Waals surface area contributed by atoms with E-state index in [-0.39, 0.29) is 27.8 Å². The number of benzene rings is 1. The molecule has 20 heteroatoms. The Morgan fingerprint density at radius 2 is 2.04 bits per heavy atom. The fourth-order valence-corrected chi connectivity index (χ4v) is 6.88. The van der Waals surface area contributed by atoms with Crippen molar-refractivity contribution in [1.29, 1.82) is 0 Å². The normalized spacial score (nSPS) is 18.4. The van der Waals surface area contributed by atoms with Gasteiger partial charge in [-0.3, -0.25) is 14.5 Å². The van der Waals surface area contributed by atoms with Crippen molar-refractivity contribution in [1.82, 2.24) is 25.2 Å². The zero-order valence-corrected chi connectivity index (χ0v) is 26.1. The largest absolute Gasteiger partial charge is 0.870 e. The van der Waals surface area contributed by atoms with E-state index in [9.17, 15) is 39.6 Å². The average Bonchev–Trinajstić information content (AvgIpc) is 3.46.